The van der Waals surface area contributed by atoms with Crippen LogP contribution in [-0.2, 0) is 6.18 Å². The first-order valence-electron chi connectivity index (χ1n) is 4.25. The molecule has 0 amide bonds. The van der Waals surface area contributed by atoms with Crippen molar-refractivity contribution < 1.29 is 22.4 Å². The van der Waals surface area contributed by atoms with Gasteiger partial charge >= 0.3 is 6.18 Å². The van der Waals surface area contributed by atoms with Crippen molar-refractivity contribution in [3.8, 4) is 0 Å². The van der Waals surface area contributed by atoms with Gasteiger partial charge in [0.1, 0.15) is 5.82 Å². The summed E-state index contributed by atoms with van der Waals surface area (Å²) in [6.45, 7) is 0. The molecule has 0 saturated carbocycles. The molecule has 0 heterocycles. The SMILES string of the molecule is CSCC(=O)c1ccc(F)c(C(F)(F)F)c1. The molecule has 0 aliphatic carbocycles. The van der Waals surface area contributed by atoms with Crippen LogP contribution in [0.4, 0.5) is 17.6 Å². The second-order valence-electron chi connectivity index (χ2n) is 3.05. The number of halogens is 4. The Morgan fingerprint density at radius 2 is 2.00 bits per heavy atom. The van der Waals surface area contributed by atoms with Gasteiger partial charge in [-0.3, -0.25) is 4.79 Å². The lowest BCUT2D eigenvalue weighted by Crippen LogP contribution is -2.11. The van der Waals surface area contributed by atoms with Gasteiger partial charge in [0.2, 0.25) is 0 Å². The van der Waals surface area contributed by atoms with Crippen LogP contribution >= 0.6 is 11.8 Å². The fraction of sp³-hybridized carbons (Fsp3) is 0.300. The fourth-order valence-corrected chi connectivity index (χ4v) is 1.56. The molecule has 0 bridgehead atoms. The molecule has 88 valence electrons. The Morgan fingerprint density at radius 3 is 2.50 bits per heavy atom. The summed E-state index contributed by atoms with van der Waals surface area (Å²) in [6, 6.07) is 2.27. The van der Waals surface area contributed by atoms with E-state index < -0.39 is 23.3 Å². The number of carbonyl (C=O) groups excluding carboxylic acids is 1. The van der Waals surface area contributed by atoms with Gasteiger partial charge < -0.3 is 0 Å². The van der Waals surface area contributed by atoms with Crippen molar-refractivity contribution in [1.29, 1.82) is 0 Å². The monoisotopic (exact) mass is 252 g/mol. The molecule has 0 N–H and O–H groups in total. The zero-order valence-electron chi connectivity index (χ0n) is 8.27. The summed E-state index contributed by atoms with van der Waals surface area (Å²) in [5, 5.41) is 0. The normalized spacial score (nSPS) is 11.6. The molecule has 1 aromatic carbocycles. The molecule has 1 nitrogen and oxygen atoms in total. The maximum Gasteiger partial charge on any atom is 0.419 e. The van der Waals surface area contributed by atoms with Gasteiger partial charge in [0.25, 0.3) is 0 Å². The van der Waals surface area contributed by atoms with Crippen LogP contribution < -0.4 is 0 Å². The molecule has 0 fully saturated rings. The summed E-state index contributed by atoms with van der Waals surface area (Å²) in [6.07, 6.45) is -3.12. The van der Waals surface area contributed by atoms with E-state index in [9.17, 15) is 22.4 Å². The first-order chi connectivity index (χ1) is 7.36. The summed E-state index contributed by atoms with van der Waals surface area (Å²) < 4.78 is 49.8. The van der Waals surface area contributed by atoms with E-state index in [0.29, 0.717) is 12.1 Å². The van der Waals surface area contributed by atoms with Crippen molar-refractivity contribution in [2.24, 2.45) is 0 Å². The van der Waals surface area contributed by atoms with Crippen molar-refractivity contribution >= 4 is 17.5 Å². The van der Waals surface area contributed by atoms with Crippen LogP contribution in [0.5, 0.6) is 0 Å². The molecule has 1 rings (SSSR count). The highest BCUT2D eigenvalue weighted by molar-refractivity contribution is 7.99. The largest absolute Gasteiger partial charge is 0.419 e. The van der Waals surface area contributed by atoms with Crippen LogP contribution in [0.3, 0.4) is 0 Å². The minimum absolute atomic E-state index is 0.0724. The van der Waals surface area contributed by atoms with Crippen molar-refractivity contribution in [2.45, 2.75) is 6.18 Å². The molecule has 0 aliphatic heterocycles. The van der Waals surface area contributed by atoms with Crippen LogP contribution in [0.15, 0.2) is 18.2 Å². The van der Waals surface area contributed by atoms with E-state index in [-0.39, 0.29) is 11.3 Å². The highest BCUT2D eigenvalue weighted by Gasteiger charge is 2.34. The summed E-state index contributed by atoms with van der Waals surface area (Å²) in [4.78, 5) is 11.3. The summed E-state index contributed by atoms with van der Waals surface area (Å²) >= 11 is 1.20. The quantitative estimate of drug-likeness (QED) is 0.606. The minimum Gasteiger partial charge on any atom is -0.293 e. The first-order valence-corrected chi connectivity index (χ1v) is 5.64. The zero-order valence-corrected chi connectivity index (χ0v) is 9.08. The number of hydrogen-bond acceptors (Lipinski definition) is 2. The van der Waals surface area contributed by atoms with Gasteiger partial charge in [-0.1, -0.05) is 0 Å². The third kappa shape index (κ3) is 2.98. The topological polar surface area (TPSA) is 17.1 Å². The molecule has 0 aromatic heterocycles. The van der Waals surface area contributed by atoms with E-state index in [2.05, 4.69) is 0 Å². The highest BCUT2D eigenvalue weighted by Crippen LogP contribution is 2.32. The third-order valence-corrected chi connectivity index (χ3v) is 2.42. The lowest BCUT2D eigenvalue weighted by molar-refractivity contribution is -0.140. The Labute approximate surface area is 93.8 Å². The van der Waals surface area contributed by atoms with Gasteiger partial charge in [-0.2, -0.15) is 24.9 Å². The number of carbonyl (C=O) groups is 1. The zero-order chi connectivity index (χ0) is 12.3. The Bertz CT molecular complexity index is 400. The smallest absolute Gasteiger partial charge is 0.293 e. The maximum atomic E-state index is 12.9. The Kier molecular flexibility index (Phi) is 3.96. The summed E-state index contributed by atoms with van der Waals surface area (Å²) in [5.74, 6) is -1.74. The predicted octanol–water partition coefficient (Wildman–Crippen LogP) is 3.39. The van der Waals surface area contributed by atoms with E-state index in [1.807, 2.05) is 0 Å². The average Bonchev–Trinajstić information content (AvgIpc) is 2.16. The van der Waals surface area contributed by atoms with Gasteiger partial charge in [-0.05, 0) is 24.5 Å². The van der Waals surface area contributed by atoms with Crippen molar-refractivity contribution in [3.63, 3.8) is 0 Å². The first kappa shape index (κ1) is 13.0. The minimum atomic E-state index is -4.78. The number of benzene rings is 1. The second kappa shape index (κ2) is 4.86. The third-order valence-electron chi connectivity index (χ3n) is 1.87. The summed E-state index contributed by atoms with van der Waals surface area (Å²) in [5.41, 5.74) is -1.53. The molecule has 6 heteroatoms. The fourth-order valence-electron chi connectivity index (χ4n) is 1.13. The number of ketones is 1. The molecule has 0 spiro atoms. The van der Waals surface area contributed by atoms with E-state index >= 15 is 0 Å². The average molecular weight is 252 g/mol. The number of alkyl halides is 3. The lowest BCUT2D eigenvalue weighted by Gasteiger charge is -2.09. The van der Waals surface area contributed by atoms with Gasteiger partial charge in [-0.25, -0.2) is 4.39 Å². The van der Waals surface area contributed by atoms with E-state index in [1.165, 1.54) is 11.8 Å². The predicted molar refractivity (Wildman–Crippen MR) is 54.1 cm³/mol. The van der Waals surface area contributed by atoms with Crippen LogP contribution in [0.1, 0.15) is 15.9 Å². The number of rotatable bonds is 3. The van der Waals surface area contributed by atoms with E-state index in [1.54, 1.807) is 6.26 Å². The molecular weight excluding hydrogens is 244 g/mol. The van der Waals surface area contributed by atoms with Crippen molar-refractivity contribution in [1.82, 2.24) is 0 Å². The number of thioether (sulfide) groups is 1. The number of Topliss-reactive ketones (excluding diaryl/α,β-unsaturated/α-hetero) is 1. The molecule has 0 radical (unpaired) electrons. The van der Waals surface area contributed by atoms with Gasteiger partial charge in [0, 0.05) is 5.56 Å². The van der Waals surface area contributed by atoms with Gasteiger partial charge in [-0.15, -0.1) is 0 Å². The Balaban J connectivity index is 3.13. The molecule has 0 unspecified atom stereocenters. The molecule has 1 aromatic rings. The van der Waals surface area contributed by atoms with Crippen LogP contribution in [0.2, 0.25) is 0 Å². The molecule has 16 heavy (non-hydrogen) atoms. The standard InChI is InChI=1S/C10H8F4OS/c1-16-5-9(15)6-2-3-8(11)7(4-6)10(12,13)14/h2-4H,5H2,1H3. The molecule has 0 saturated heterocycles. The molecule has 0 aliphatic rings. The van der Waals surface area contributed by atoms with Crippen LogP contribution in [0.25, 0.3) is 0 Å². The van der Waals surface area contributed by atoms with E-state index in [4.69, 9.17) is 0 Å². The van der Waals surface area contributed by atoms with Crippen molar-refractivity contribution in [3.05, 3.63) is 35.1 Å². The second-order valence-corrected chi connectivity index (χ2v) is 3.91. The summed E-state index contributed by atoms with van der Waals surface area (Å²) in [7, 11) is 0. The highest BCUT2D eigenvalue weighted by atomic mass is 32.2. The van der Waals surface area contributed by atoms with Gasteiger partial charge in [0.15, 0.2) is 5.78 Å². The molecule has 0 atom stereocenters. The lowest BCUT2D eigenvalue weighted by atomic mass is 10.1. The Hall–Kier alpha value is -1.04. The molecular formula is C10H8F4OS. The van der Waals surface area contributed by atoms with E-state index in [0.717, 1.165) is 6.07 Å². The Morgan fingerprint density at radius 1 is 1.38 bits per heavy atom. The van der Waals surface area contributed by atoms with Gasteiger partial charge in [0.05, 0.1) is 11.3 Å². The van der Waals surface area contributed by atoms with Crippen LogP contribution in [0, 0.1) is 5.82 Å². The number of hydrogen-bond donors (Lipinski definition) is 0. The maximum absolute atomic E-state index is 12.9. The van der Waals surface area contributed by atoms with Crippen LogP contribution in [-0.4, -0.2) is 17.8 Å². The van der Waals surface area contributed by atoms with Crippen molar-refractivity contribution in [2.75, 3.05) is 12.0 Å².